The maximum Gasteiger partial charge on any atom is 0.334 e. The molecule has 0 bridgehead atoms. The van der Waals surface area contributed by atoms with Crippen molar-refractivity contribution in [2.45, 2.75) is 13.0 Å². The van der Waals surface area contributed by atoms with Crippen LogP contribution in [0.1, 0.15) is 23.1 Å². The lowest BCUT2D eigenvalue weighted by Crippen LogP contribution is -2.23. The molecule has 37 heavy (non-hydrogen) atoms. The van der Waals surface area contributed by atoms with Crippen LogP contribution >= 0.6 is 23.5 Å². The molecule has 1 aliphatic heterocycles. The van der Waals surface area contributed by atoms with Crippen molar-refractivity contribution in [1.82, 2.24) is 4.73 Å². The van der Waals surface area contributed by atoms with Crippen LogP contribution in [0, 0.1) is 0 Å². The number of para-hydroxylation sites is 2. The van der Waals surface area contributed by atoms with Gasteiger partial charge in [0.15, 0.2) is 0 Å². The zero-order chi connectivity index (χ0) is 25.8. The molecule has 0 radical (unpaired) electrons. The number of benzene rings is 3. The molecule has 0 spiro atoms. The molecule has 1 aliphatic rings. The monoisotopic (exact) mass is 530 g/mol. The summed E-state index contributed by atoms with van der Waals surface area (Å²) in [6.07, 6.45) is 2.16. The third kappa shape index (κ3) is 5.21. The highest BCUT2D eigenvalue weighted by atomic mass is 32.2. The highest BCUT2D eigenvalue weighted by Gasteiger charge is 2.28. The molecule has 188 valence electrons. The van der Waals surface area contributed by atoms with Gasteiger partial charge in [-0.2, -0.15) is 0 Å². The van der Waals surface area contributed by atoms with E-state index >= 15 is 0 Å². The molecule has 6 nitrogen and oxygen atoms in total. The van der Waals surface area contributed by atoms with Crippen molar-refractivity contribution < 1.29 is 19.8 Å². The van der Waals surface area contributed by atoms with Gasteiger partial charge in [0.1, 0.15) is 0 Å². The van der Waals surface area contributed by atoms with Crippen LogP contribution in [0.25, 0.3) is 5.57 Å². The lowest BCUT2D eigenvalue weighted by molar-refractivity contribution is -0.144. The fraction of sp³-hybridized carbons (Fsp3) is 0.138. The fourth-order valence-electron chi connectivity index (χ4n) is 4.37. The Bertz CT molecular complexity index is 1380. The first-order valence-electron chi connectivity index (χ1n) is 11.8. The second kappa shape index (κ2) is 11.1. The molecule has 3 aromatic carbocycles. The van der Waals surface area contributed by atoms with Crippen LogP contribution in [-0.2, 0) is 11.3 Å². The van der Waals surface area contributed by atoms with Gasteiger partial charge in [-0.1, -0.05) is 66.7 Å². The predicted molar refractivity (Wildman–Crippen MR) is 151 cm³/mol. The number of carbonyl (C=O) groups excluding carboxylic acids is 1. The van der Waals surface area contributed by atoms with Crippen LogP contribution in [0.3, 0.4) is 0 Å². The number of hydrogen-bond acceptors (Lipinski definition) is 7. The molecule has 5 rings (SSSR count). The number of anilines is 2. The highest BCUT2D eigenvalue weighted by molar-refractivity contribution is 8.22. The van der Waals surface area contributed by atoms with Crippen molar-refractivity contribution in [3.05, 3.63) is 112 Å². The van der Waals surface area contributed by atoms with E-state index in [1.807, 2.05) is 12.3 Å². The topological polar surface area (TPSA) is 74.9 Å². The molecule has 0 amide bonds. The molecule has 2 heterocycles. The average Bonchev–Trinajstić information content (AvgIpc) is 3.24. The van der Waals surface area contributed by atoms with Gasteiger partial charge in [0.25, 0.3) is 0 Å². The lowest BCUT2D eigenvalue weighted by atomic mass is 9.91. The molecular formula is C29H26N2O4S2. The minimum absolute atomic E-state index is 0.114. The fourth-order valence-corrected chi connectivity index (χ4v) is 6.34. The second-order valence-electron chi connectivity index (χ2n) is 8.38. The maximum absolute atomic E-state index is 12.4. The zero-order valence-corrected chi connectivity index (χ0v) is 21.8. The van der Waals surface area contributed by atoms with Gasteiger partial charge in [-0.05, 0) is 24.0 Å². The Labute approximate surface area is 224 Å². The van der Waals surface area contributed by atoms with E-state index in [0.29, 0.717) is 5.75 Å². The van der Waals surface area contributed by atoms with Crippen molar-refractivity contribution in [3.63, 3.8) is 0 Å². The maximum atomic E-state index is 12.4. The van der Waals surface area contributed by atoms with Crippen molar-refractivity contribution in [2.75, 3.05) is 16.9 Å². The van der Waals surface area contributed by atoms with Gasteiger partial charge >= 0.3 is 5.97 Å². The van der Waals surface area contributed by atoms with Gasteiger partial charge in [0, 0.05) is 56.7 Å². The van der Waals surface area contributed by atoms with Crippen molar-refractivity contribution in [3.8, 4) is 11.8 Å². The van der Waals surface area contributed by atoms with E-state index < -0.39 is 5.97 Å². The van der Waals surface area contributed by atoms with E-state index in [4.69, 9.17) is 4.84 Å². The minimum Gasteiger partial charge on any atom is -0.492 e. The van der Waals surface area contributed by atoms with E-state index in [1.54, 1.807) is 23.5 Å². The minimum atomic E-state index is -0.543. The summed E-state index contributed by atoms with van der Waals surface area (Å²) in [4.78, 5) is 19.8. The molecule has 0 atom stereocenters. The van der Waals surface area contributed by atoms with Gasteiger partial charge in [0.2, 0.25) is 11.8 Å². The van der Waals surface area contributed by atoms with Crippen molar-refractivity contribution in [1.29, 1.82) is 0 Å². The summed E-state index contributed by atoms with van der Waals surface area (Å²) < 4.78 is 1.83. The molecule has 0 saturated carbocycles. The summed E-state index contributed by atoms with van der Waals surface area (Å²) in [5, 5.41) is 19.4. The Morgan fingerprint density at radius 1 is 0.811 bits per heavy atom. The molecular weight excluding hydrogens is 504 g/mol. The highest BCUT2D eigenvalue weighted by Crippen LogP contribution is 2.50. The van der Waals surface area contributed by atoms with Crippen LogP contribution in [0.2, 0.25) is 0 Å². The number of aromatic nitrogens is 1. The van der Waals surface area contributed by atoms with Crippen molar-refractivity contribution >= 4 is 46.4 Å². The van der Waals surface area contributed by atoms with Gasteiger partial charge in [-0.15, -0.1) is 28.3 Å². The zero-order valence-electron chi connectivity index (χ0n) is 20.2. The smallest absolute Gasteiger partial charge is 0.334 e. The summed E-state index contributed by atoms with van der Waals surface area (Å²) in [5.41, 5.74) is 6.98. The third-order valence-corrected chi connectivity index (χ3v) is 8.33. The Morgan fingerprint density at radius 3 is 1.97 bits per heavy atom. The molecule has 0 fully saturated rings. The van der Waals surface area contributed by atoms with Gasteiger partial charge < -0.3 is 20.0 Å². The number of nitrogens with zero attached hydrogens (tertiary/aromatic N) is 2. The molecule has 0 aliphatic carbocycles. The van der Waals surface area contributed by atoms with Crippen LogP contribution in [0.15, 0.2) is 95.2 Å². The van der Waals surface area contributed by atoms with E-state index in [-0.39, 0.29) is 18.2 Å². The van der Waals surface area contributed by atoms with Gasteiger partial charge in [-0.3, -0.25) is 0 Å². The number of rotatable bonds is 8. The van der Waals surface area contributed by atoms with Crippen LogP contribution in [0.4, 0.5) is 11.4 Å². The van der Waals surface area contributed by atoms with Gasteiger partial charge in [0.05, 0.1) is 6.42 Å². The first kappa shape index (κ1) is 24.9. The normalized spacial score (nSPS) is 12.1. The second-order valence-corrected chi connectivity index (χ2v) is 10.6. The van der Waals surface area contributed by atoms with E-state index in [2.05, 4.69) is 77.7 Å². The third-order valence-electron chi connectivity index (χ3n) is 6.03. The lowest BCUT2D eigenvalue weighted by Gasteiger charge is -2.35. The van der Waals surface area contributed by atoms with E-state index in [1.165, 1.54) is 17.7 Å². The number of aromatic hydroxyl groups is 2. The summed E-state index contributed by atoms with van der Waals surface area (Å²) in [6, 6.07) is 29.8. The molecule has 8 heteroatoms. The summed E-state index contributed by atoms with van der Waals surface area (Å²) in [6.45, 7) is 0.759. The average molecular weight is 531 g/mol. The van der Waals surface area contributed by atoms with E-state index in [0.717, 1.165) is 43.6 Å². The molecule has 0 unspecified atom stereocenters. The first-order chi connectivity index (χ1) is 18.1. The number of carbonyl (C=O) groups is 1. The van der Waals surface area contributed by atoms with E-state index in [9.17, 15) is 15.0 Å². The Hall–Kier alpha value is -3.75. The summed E-state index contributed by atoms with van der Waals surface area (Å²) in [7, 11) is 0. The SMILES string of the molecule is CSC(SCCC(=O)On1c(O)ccc1O)=C1c2ccccc2N(Cc2ccccc2)c2ccccc21. The number of thioether (sulfide) groups is 2. The number of hydrogen-bond donors (Lipinski definition) is 2. The molecule has 1 aromatic heterocycles. The Kier molecular flexibility index (Phi) is 7.48. The Balaban J connectivity index is 1.43. The number of fused-ring (bicyclic) bond motifs is 2. The van der Waals surface area contributed by atoms with Gasteiger partial charge in [-0.25, -0.2) is 4.79 Å². The first-order valence-corrected chi connectivity index (χ1v) is 14.0. The molecule has 2 N–H and O–H groups in total. The quantitative estimate of drug-likeness (QED) is 0.273. The summed E-state index contributed by atoms with van der Waals surface area (Å²) >= 11 is 3.26. The van der Waals surface area contributed by atoms with Crippen molar-refractivity contribution in [2.24, 2.45) is 0 Å². The Morgan fingerprint density at radius 2 is 1.38 bits per heavy atom. The summed E-state index contributed by atoms with van der Waals surface area (Å²) in [5.74, 6) is -0.723. The predicted octanol–water partition coefficient (Wildman–Crippen LogP) is 6.41. The molecule has 0 saturated heterocycles. The van der Waals surface area contributed by atoms with Crippen LogP contribution in [0.5, 0.6) is 11.8 Å². The molecule has 4 aromatic rings. The largest absolute Gasteiger partial charge is 0.492 e. The van der Waals surface area contributed by atoms with Crippen LogP contribution < -0.4 is 9.74 Å². The van der Waals surface area contributed by atoms with Crippen LogP contribution in [-0.4, -0.2) is 32.9 Å². The standard InChI is InChI=1S/C29H26N2O4S2/c1-36-29(37-18-17-27(34)35-31-25(32)15-16-26(31)33)28-21-11-5-7-13-23(21)30(19-20-9-3-2-4-10-20)24-14-8-6-12-22(24)28/h2-16,32-33H,17-19H2,1H3.